The van der Waals surface area contributed by atoms with Crippen LogP contribution in [0.3, 0.4) is 0 Å². The molecule has 24 heavy (non-hydrogen) atoms. The average Bonchev–Trinajstić information content (AvgIpc) is 2.46. The van der Waals surface area contributed by atoms with Crippen molar-refractivity contribution in [2.24, 2.45) is 4.99 Å². The van der Waals surface area contributed by atoms with Gasteiger partial charge < -0.3 is 10.6 Å². The number of sulfone groups is 1. The molecule has 0 heterocycles. The van der Waals surface area contributed by atoms with Gasteiger partial charge in [-0.25, -0.2) is 12.8 Å². The predicted octanol–water partition coefficient (Wildman–Crippen LogP) is 2.36. The van der Waals surface area contributed by atoms with E-state index in [9.17, 15) is 12.8 Å². The van der Waals surface area contributed by atoms with Crippen molar-refractivity contribution in [3.63, 3.8) is 0 Å². The lowest BCUT2D eigenvalue weighted by atomic mass is 10.1. The second kappa shape index (κ2) is 10.2. The first-order valence-corrected chi connectivity index (χ1v) is 9.23. The number of aliphatic imine (C=N–C) groups is 1. The number of benzene rings is 1. The number of hydrogen-bond donors (Lipinski definition) is 2. The number of nitrogens with one attached hydrogen (secondary N) is 2. The fraction of sp³-hybridized carbons (Fsp3) is 0.562. The number of halogens is 2. The molecule has 0 atom stereocenters. The molecule has 0 amide bonds. The molecule has 1 aromatic carbocycles. The summed E-state index contributed by atoms with van der Waals surface area (Å²) in [7, 11) is -1.56. The highest BCUT2D eigenvalue weighted by Gasteiger charge is 2.28. The molecule has 0 aliphatic carbocycles. The lowest BCUT2D eigenvalue weighted by Crippen LogP contribution is -2.42. The van der Waals surface area contributed by atoms with Gasteiger partial charge in [0.25, 0.3) is 0 Å². The van der Waals surface area contributed by atoms with Gasteiger partial charge in [0.1, 0.15) is 5.82 Å². The van der Waals surface area contributed by atoms with Crippen LogP contribution in [0.25, 0.3) is 0 Å². The highest BCUT2D eigenvalue weighted by atomic mass is 127. The summed E-state index contributed by atoms with van der Waals surface area (Å²) in [4.78, 5) is 4.03. The normalized spacial score (nSPS) is 12.5. The van der Waals surface area contributed by atoms with Gasteiger partial charge in [0, 0.05) is 20.1 Å². The van der Waals surface area contributed by atoms with E-state index in [1.165, 1.54) is 6.07 Å². The Morgan fingerprint density at radius 1 is 1.17 bits per heavy atom. The molecule has 0 aliphatic rings. The number of nitrogens with zero attached hydrogens (tertiary/aromatic N) is 1. The second-order valence-corrected chi connectivity index (χ2v) is 9.06. The highest BCUT2D eigenvalue weighted by Crippen LogP contribution is 2.15. The van der Waals surface area contributed by atoms with Crippen molar-refractivity contribution in [3.05, 3.63) is 35.6 Å². The van der Waals surface area contributed by atoms with Gasteiger partial charge >= 0.3 is 0 Å². The first-order chi connectivity index (χ1) is 10.7. The maximum Gasteiger partial charge on any atom is 0.191 e. The van der Waals surface area contributed by atoms with E-state index in [0.29, 0.717) is 24.5 Å². The molecule has 0 aliphatic heterocycles. The minimum absolute atomic E-state index is 0. The molecule has 0 spiro atoms. The van der Waals surface area contributed by atoms with Gasteiger partial charge in [-0.3, -0.25) is 4.99 Å². The van der Waals surface area contributed by atoms with Crippen LogP contribution in [-0.4, -0.2) is 45.0 Å². The van der Waals surface area contributed by atoms with Crippen LogP contribution in [0.4, 0.5) is 4.39 Å². The summed E-state index contributed by atoms with van der Waals surface area (Å²) in [5, 5.41) is 6.01. The van der Waals surface area contributed by atoms with E-state index >= 15 is 0 Å². The molecule has 1 rings (SSSR count). The fourth-order valence-corrected chi connectivity index (χ4v) is 2.83. The lowest BCUT2D eigenvalue weighted by molar-refractivity contribution is 0.559. The summed E-state index contributed by atoms with van der Waals surface area (Å²) in [6.07, 6.45) is 0.521. The summed E-state index contributed by atoms with van der Waals surface area (Å²) in [6.45, 7) is 5.84. The molecule has 5 nitrogen and oxygen atoms in total. The summed E-state index contributed by atoms with van der Waals surface area (Å²) in [5.74, 6) is 0.309. The fourth-order valence-electron chi connectivity index (χ4n) is 1.85. The van der Waals surface area contributed by atoms with Crippen LogP contribution in [0, 0.1) is 5.82 Å². The van der Waals surface area contributed by atoms with Gasteiger partial charge in [-0.15, -0.1) is 24.0 Å². The van der Waals surface area contributed by atoms with Gasteiger partial charge in [-0.05, 0) is 38.8 Å². The Balaban J connectivity index is 0.00000529. The van der Waals surface area contributed by atoms with Crippen molar-refractivity contribution >= 4 is 39.8 Å². The van der Waals surface area contributed by atoms with Gasteiger partial charge in [0.05, 0.1) is 10.5 Å². The largest absolute Gasteiger partial charge is 0.356 e. The van der Waals surface area contributed by atoms with E-state index in [4.69, 9.17) is 0 Å². The van der Waals surface area contributed by atoms with Crippen LogP contribution in [0.5, 0.6) is 0 Å². The van der Waals surface area contributed by atoms with Crippen LogP contribution in [0.2, 0.25) is 0 Å². The number of rotatable bonds is 6. The van der Waals surface area contributed by atoms with Crippen molar-refractivity contribution < 1.29 is 12.8 Å². The van der Waals surface area contributed by atoms with E-state index in [1.807, 2.05) is 0 Å². The molecule has 8 heteroatoms. The Labute approximate surface area is 161 Å². The monoisotopic (exact) mass is 471 g/mol. The lowest BCUT2D eigenvalue weighted by Gasteiger charge is -2.19. The van der Waals surface area contributed by atoms with E-state index < -0.39 is 14.6 Å². The maximum absolute atomic E-state index is 13.5. The molecule has 1 aromatic rings. The van der Waals surface area contributed by atoms with Crippen molar-refractivity contribution in [1.29, 1.82) is 0 Å². The minimum atomic E-state index is -3.17. The third-order valence-electron chi connectivity index (χ3n) is 3.46. The standard InChI is InChI=1S/C16H26FN3O2S.HI/c1-16(2,3)23(21,22)12-11-20-15(18-4)19-10-9-13-7-5-6-8-14(13)17;/h5-8H,9-12H2,1-4H3,(H2,18,19,20);1H. The Morgan fingerprint density at radius 3 is 2.29 bits per heavy atom. The SMILES string of the molecule is CN=C(NCCc1ccccc1F)NCCS(=O)(=O)C(C)(C)C.I. The zero-order chi connectivity index (χ0) is 17.5. The third kappa shape index (κ3) is 7.33. The van der Waals surface area contributed by atoms with Crippen LogP contribution in [0.1, 0.15) is 26.3 Å². The molecule has 0 saturated carbocycles. The second-order valence-electron chi connectivity index (χ2n) is 6.20. The van der Waals surface area contributed by atoms with Crippen LogP contribution < -0.4 is 10.6 Å². The molecule has 0 unspecified atom stereocenters. The molecular formula is C16H27FIN3O2S. The topological polar surface area (TPSA) is 70.6 Å². The van der Waals surface area contributed by atoms with Crippen LogP contribution in [-0.2, 0) is 16.3 Å². The molecular weight excluding hydrogens is 444 g/mol. The van der Waals surface area contributed by atoms with Crippen molar-refractivity contribution in [1.82, 2.24) is 10.6 Å². The Kier molecular flexibility index (Phi) is 9.79. The molecule has 2 N–H and O–H groups in total. The van der Waals surface area contributed by atoms with Crippen LogP contribution in [0.15, 0.2) is 29.3 Å². The van der Waals surface area contributed by atoms with Crippen LogP contribution >= 0.6 is 24.0 Å². The van der Waals surface area contributed by atoms with Gasteiger partial charge in [-0.2, -0.15) is 0 Å². The van der Waals surface area contributed by atoms with Gasteiger partial charge in [-0.1, -0.05) is 18.2 Å². The molecule has 0 radical (unpaired) electrons. The van der Waals surface area contributed by atoms with Gasteiger partial charge in [0.2, 0.25) is 0 Å². The Bertz CT molecular complexity index is 643. The Morgan fingerprint density at radius 2 is 1.75 bits per heavy atom. The first-order valence-electron chi connectivity index (χ1n) is 7.57. The molecule has 0 saturated heterocycles. The van der Waals surface area contributed by atoms with Crippen molar-refractivity contribution in [2.45, 2.75) is 31.9 Å². The molecule has 0 fully saturated rings. The Hall–Kier alpha value is -0.900. The molecule has 0 bridgehead atoms. The summed E-state index contributed by atoms with van der Waals surface area (Å²) in [5.41, 5.74) is 0.630. The van der Waals surface area contributed by atoms with E-state index in [0.717, 1.165) is 0 Å². The van der Waals surface area contributed by atoms with E-state index in [-0.39, 0.29) is 42.1 Å². The third-order valence-corrected chi connectivity index (χ3v) is 6.07. The highest BCUT2D eigenvalue weighted by molar-refractivity contribution is 14.0. The molecule has 138 valence electrons. The van der Waals surface area contributed by atoms with Crippen molar-refractivity contribution in [3.8, 4) is 0 Å². The predicted molar refractivity (Wildman–Crippen MR) is 108 cm³/mol. The quantitative estimate of drug-likeness (QED) is 0.380. The molecule has 0 aromatic heterocycles. The number of guanidine groups is 1. The zero-order valence-electron chi connectivity index (χ0n) is 14.6. The maximum atomic E-state index is 13.5. The van der Waals surface area contributed by atoms with Gasteiger partial charge in [0.15, 0.2) is 15.8 Å². The summed E-state index contributed by atoms with van der Waals surface area (Å²) >= 11 is 0. The number of hydrogen-bond acceptors (Lipinski definition) is 3. The van der Waals surface area contributed by atoms with E-state index in [1.54, 1.807) is 46.0 Å². The first kappa shape index (κ1) is 23.1. The van der Waals surface area contributed by atoms with Crippen molar-refractivity contribution in [2.75, 3.05) is 25.9 Å². The smallest absolute Gasteiger partial charge is 0.191 e. The minimum Gasteiger partial charge on any atom is -0.356 e. The van der Waals surface area contributed by atoms with E-state index in [2.05, 4.69) is 15.6 Å². The zero-order valence-corrected chi connectivity index (χ0v) is 17.7. The average molecular weight is 471 g/mol. The summed E-state index contributed by atoms with van der Waals surface area (Å²) in [6, 6.07) is 6.62. The summed E-state index contributed by atoms with van der Waals surface area (Å²) < 4.78 is 36.8.